The zero-order valence-corrected chi connectivity index (χ0v) is 14.8. The molecule has 0 bridgehead atoms. The van der Waals surface area contributed by atoms with Crippen molar-refractivity contribution in [3.8, 4) is 0 Å². The maximum absolute atomic E-state index is 13.0. The van der Waals surface area contributed by atoms with Crippen molar-refractivity contribution in [3.05, 3.63) is 63.5 Å². The molecule has 0 radical (unpaired) electrons. The molecule has 130 valence electrons. The van der Waals surface area contributed by atoms with Crippen molar-refractivity contribution in [1.29, 1.82) is 0 Å². The van der Waals surface area contributed by atoms with Crippen LogP contribution in [0.2, 0.25) is 0 Å². The van der Waals surface area contributed by atoms with Crippen molar-refractivity contribution in [3.63, 3.8) is 0 Å². The first-order valence-electron chi connectivity index (χ1n) is 7.59. The Morgan fingerprint density at radius 1 is 1.20 bits per heavy atom. The smallest absolute Gasteiger partial charge is 0.358 e. The Morgan fingerprint density at radius 2 is 1.96 bits per heavy atom. The van der Waals surface area contributed by atoms with Crippen LogP contribution in [-0.4, -0.2) is 21.9 Å². The monoisotopic (exact) mass is 410 g/mol. The van der Waals surface area contributed by atoms with Crippen LogP contribution in [-0.2, 0) is 12.8 Å². The molecule has 0 aliphatic heterocycles. The van der Waals surface area contributed by atoms with E-state index in [1.807, 2.05) is 19.1 Å². The third-order valence-electron chi connectivity index (χ3n) is 3.96. The summed E-state index contributed by atoms with van der Waals surface area (Å²) >= 11 is 3.29. The molecule has 2 aromatic heterocycles. The third kappa shape index (κ3) is 3.76. The number of Topliss-reactive ketones (excluding diaryl/α,β-unsaturated/α-hetero) is 1. The molecule has 0 saturated heterocycles. The molecule has 0 atom stereocenters. The Bertz CT molecular complexity index is 930. The van der Waals surface area contributed by atoms with Crippen molar-refractivity contribution in [2.75, 3.05) is 0 Å². The van der Waals surface area contributed by atoms with Crippen LogP contribution >= 0.6 is 15.9 Å². The molecule has 3 rings (SSSR count). The van der Waals surface area contributed by atoms with Gasteiger partial charge < -0.3 is 4.98 Å². The van der Waals surface area contributed by atoms with E-state index in [1.165, 1.54) is 6.07 Å². The van der Waals surface area contributed by atoms with Crippen LogP contribution < -0.4 is 0 Å². The molecule has 1 N–H and O–H groups in total. The van der Waals surface area contributed by atoms with Crippen molar-refractivity contribution >= 4 is 32.6 Å². The summed E-state index contributed by atoms with van der Waals surface area (Å²) in [4.78, 5) is 19.1. The second kappa shape index (κ2) is 6.63. The number of aryl methyl sites for hydroxylation is 3. The largest absolute Gasteiger partial charge is 0.454 e. The van der Waals surface area contributed by atoms with E-state index >= 15 is 0 Å². The number of aromatic nitrogens is 2. The molecule has 3 aromatic rings. The van der Waals surface area contributed by atoms with Gasteiger partial charge in [-0.2, -0.15) is 13.2 Å². The van der Waals surface area contributed by atoms with E-state index in [1.54, 1.807) is 18.3 Å². The van der Waals surface area contributed by atoms with Gasteiger partial charge in [0.05, 0.1) is 5.56 Å². The normalized spacial score (nSPS) is 11.9. The van der Waals surface area contributed by atoms with Gasteiger partial charge >= 0.3 is 6.18 Å². The van der Waals surface area contributed by atoms with Crippen LogP contribution in [0.3, 0.4) is 0 Å². The Labute approximate surface area is 150 Å². The first-order chi connectivity index (χ1) is 11.8. The molecule has 1 aromatic carbocycles. The molecule has 3 nitrogen and oxygen atoms in total. The molecule has 7 heteroatoms. The third-order valence-corrected chi connectivity index (χ3v) is 4.45. The Morgan fingerprint density at radius 3 is 2.60 bits per heavy atom. The van der Waals surface area contributed by atoms with Crippen LogP contribution in [0.5, 0.6) is 0 Å². The van der Waals surface area contributed by atoms with E-state index in [0.717, 1.165) is 15.7 Å². The van der Waals surface area contributed by atoms with Gasteiger partial charge in [-0.05, 0) is 43.5 Å². The van der Waals surface area contributed by atoms with E-state index in [4.69, 9.17) is 0 Å². The number of hydrogen-bond acceptors (Lipinski definition) is 2. The lowest BCUT2D eigenvalue weighted by molar-refractivity contribution is -0.0884. The van der Waals surface area contributed by atoms with Crippen molar-refractivity contribution in [2.24, 2.45) is 0 Å². The minimum atomic E-state index is -4.91. The molecule has 2 heterocycles. The van der Waals surface area contributed by atoms with E-state index in [9.17, 15) is 18.0 Å². The first-order valence-corrected chi connectivity index (χ1v) is 8.38. The molecular weight excluding hydrogens is 397 g/mol. The van der Waals surface area contributed by atoms with E-state index < -0.39 is 12.0 Å². The molecule has 0 aliphatic carbocycles. The van der Waals surface area contributed by atoms with Gasteiger partial charge in [-0.3, -0.25) is 9.78 Å². The van der Waals surface area contributed by atoms with Gasteiger partial charge in [-0.15, -0.1) is 0 Å². The number of hydrogen-bond donors (Lipinski definition) is 1. The van der Waals surface area contributed by atoms with Crippen LogP contribution in [0.4, 0.5) is 13.2 Å². The van der Waals surface area contributed by atoms with Gasteiger partial charge in [0.25, 0.3) is 5.78 Å². The summed E-state index contributed by atoms with van der Waals surface area (Å²) in [6.07, 6.45) is -2.45. The highest BCUT2D eigenvalue weighted by Gasteiger charge is 2.41. The quantitative estimate of drug-likeness (QED) is 0.603. The second-order valence-corrected chi connectivity index (χ2v) is 6.72. The summed E-state index contributed by atoms with van der Waals surface area (Å²) in [5.41, 5.74) is 2.26. The number of H-pyrrole nitrogens is 1. The SMILES string of the molecule is Cc1ccc(CCc2[nH]c3cc(Br)ccc3c2C(=O)C(F)(F)F)cn1. The number of halogens is 4. The molecule has 0 spiro atoms. The summed E-state index contributed by atoms with van der Waals surface area (Å²) in [6, 6.07) is 8.54. The summed E-state index contributed by atoms with van der Waals surface area (Å²) in [5.74, 6) is -1.82. The Balaban J connectivity index is 2.00. The van der Waals surface area contributed by atoms with Crippen molar-refractivity contribution in [2.45, 2.75) is 25.9 Å². The van der Waals surface area contributed by atoms with Crippen molar-refractivity contribution in [1.82, 2.24) is 9.97 Å². The number of carbonyl (C=O) groups is 1. The predicted molar refractivity (Wildman–Crippen MR) is 92.8 cm³/mol. The molecular formula is C18H14BrF3N2O. The maximum atomic E-state index is 13.0. The molecule has 0 fully saturated rings. The lowest BCUT2D eigenvalue weighted by Gasteiger charge is -2.07. The van der Waals surface area contributed by atoms with Gasteiger partial charge in [0.2, 0.25) is 0 Å². The highest BCUT2D eigenvalue weighted by molar-refractivity contribution is 9.10. The van der Waals surface area contributed by atoms with E-state index in [-0.39, 0.29) is 23.1 Å². The average Bonchev–Trinajstić information content (AvgIpc) is 2.89. The van der Waals surface area contributed by atoms with E-state index in [0.29, 0.717) is 11.9 Å². The number of pyridine rings is 1. The molecule has 0 unspecified atom stereocenters. The van der Waals surface area contributed by atoms with Gasteiger partial charge in [-0.25, -0.2) is 0 Å². The average molecular weight is 411 g/mol. The number of carbonyl (C=O) groups excluding carboxylic acids is 1. The highest BCUT2D eigenvalue weighted by Crippen LogP contribution is 2.31. The maximum Gasteiger partial charge on any atom is 0.454 e. The summed E-state index contributed by atoms with van der Waals surface area (Å²) in [6.45, 7) is 1.86. The lowest BCUT2D eigenvalue weighted by atomic mass is 10.0. The number of ketones is 1. The van der Waals surface area contributed by atoms with Crippen LogP contribution in [0.25, 0.3) is 10.9 Å². The summed E-state index contributed by atoms with van der Waals surface area (Å²) in [7, 11) is 0. The molecule has 0 amide bonds. The minimum Gasteiger partial charge on any atom is -0.358 e. The molecule has 25 heavy (non-hydrogen) atoms. The lowest BCUT2D eigenvalue weighted by Crippen LogP contribution is -2.23. The number of nitrogens with one attached hydrogen (secondary N) is 1. The zero-order chi connectivity index (χ0) is 18.2. The standard InChI is InChI=1S/C18H14BrF3N2O/c1-10-2-3-11(9-23-10)4-7-14-16(17(25)18(20,21)22)13-6-5-12(19)8-15(13)24-14/h2-3,5-6,8-9,24H,4,7H2,1H3. The summed E-state index contributed by atoms with van der Waals surface area (Å²) in [5, 5.41) is 0.280. The minimum absolute atomic E-state index is 0.280. The Hall–Kier alpha value is -2.15. The number of benzene rings is 1. The van der Waals surface area contributed by atoms with Gasteiger partial charge in [0, 0.05) is 33.0 Å². The highest BCUT2D eigenvalue weighted by atomic mass is 79.9. The number of nitrogens with zero attached hydrogens (tertiary/aromatic N) is 1. The first kappa shape index (κ1) is 17.7. The van der Waals surface area contributed by atoms with Crippen molar-refractivity contribution < 1.29 is 18.0 Å². The topological polar surface area (TPSA) is 45.8 Å². The van der Waals surface area contributed by atoms with Crippen LogP contribution in [0.1, 0.15) is 27.3 Å². The fourth-order valence-corrected chi connectivity index (χ4v) is 3.09. The zero-order valence-electron chi connectivity index (χ0n) is 13.2. The predicted octanol–water partition coefficient (Wildman–Crippen LogP) is 5.16. The number of rotatable bonds is 4. The Kier molecular flexibility index (Phi) is 4.69. The number of fused-ring (bicyclic) bond motifs is 1. The second-order valence-electron chi connectivity index (χ2n) is 5.80. The summed E-state index contributed by atoms with van der Waals surface area (Å²) < 4.78 is 39.8. The number of aromatic amines is 1. The van der Waals surface area contributed by atoms with Crippen LogP contribution in [0.15, 0.2) is 41.0 Å². The van der Waals surface area contributed by atoms with Gasteiger partial charge in [-0.1, -0.05) is 28.1 Å². The molecule has 0 aliphatic rings. The van der Waals surface area contributed by atoms with Gasteiger partial charge in [0.15, 0.2) is 0 Å². The van der Waals surface area contributed by atoms with Gasteiger partial charge in [0.1, 0.15) is 0 Å². The number of alkyl halides is 3. The fraction of sp³-hybridized carbons (Fsp3) is 0.222. The van der Waals surface area contributed by atoms with E-state index in [2.05, 4.69) is 25.9 Å². The fourth-order valence-electron chi connectivity index (χ4n) is 2.73. The molecule has 0 saturated carbocycles. The van der Waals surface area contributed by atoms with Crippen LogP contribution in [0, 0.1) is 6.92 Å².